The Bertz CT molecular complexity index is 1190. The van der Waals surface area contributed by atoms with Crippen LogP contribution in [0.15, 0.2) is 36.4 Å². The van der Waals surface area contributed by atoms with Crippen LogP contribution in [0.2, 0.25) is 0 Å². The zero-order valence-electron chi connectivity index (χ0n) is 24.2. The molecule has 0 spiro atoms. The van der Waals surface area contributed by atoms with Gasteiger partial charge in [-0.05, 0) is 50.8 Å². The second-order valence-electron chi connectivity index (χ2n) is 9.99. The van der Waals surface area contributed by atoms with Gasteiger partial charge >= 0.3 is 0 Å². The van der Waals surface area contributed by atoms with Crippen molar-refractivity contribution < 1.29 is 19.2 Å². The summed E-state index contributed by atoms with van der Waals surface area (Å²) in [5, 5.41) is 7.89. The molecule has 3 N–H and O–H groups in total. The van der Waals surface area contributed by atoms with Crippen LogP contribution >= 0.6 is 0 Å². The molecule has 0 aliphatic heterocycles. The molecule has 0 fully saturated rings. The molecule has 9 nitrogen and oxygen atoms in total. The largest absolute Gasteiger partial charge is 0.344 e. The second kappa shape index (κ2) is 15.1. The van der Waals surface area contributed by atoms with Crippen molar-refractivity contribution in [2.75, 3.05) is 6.54 Å². The van der Waals surface area contributed by atoms with Gasteiger partial charge in [-0.25, -0.2) is 5.43 Å². The number of Topliss-reactive ketones (excluding diaryl/α,β-unsaturated/α-hetero) is 1. The van der Waals surface area contributed by atoms with Crippen molar-refractivity contribution in [3.63, 3.8) is 0 Å². The highest BCUT2D eigenvalue weighted by atomic mass is 16.2. The van der Waals surface area contributed by atoms with E-state index in [1.165, 1.54) is 5.01 Å². The summed E-state index contributed by atoms with van der Waals surface area (Å²) in [6.45, 7) is 12.9. The number of benzene rings is 1. The lowest BCUT2D eigenvalue weighted by molar-refractivity contribution is -0.140. The molecular weight excluding hydrogens is 494 g/mol. The van der Waals surface area contributed by atoms with Gasteiger partial charge in [0.2, 0.25) is 11.8 Å². The minimum absolute atomic E-state index is 0.0162. The average Bonchev–Trinajstić information content (AvgIpc) is 2.92. The molecule has 3 atom stereocenters. The molecule has 0 radical (unpaired) electrons. The second-order valence-corrected chi connectivity index (χ2v) is 9.99. The molecule has 0 saturated heterocycles. The fourth-order valence-electron chi connectivity index (χ4n) is 4.07. The standard InChI is InChI=1S/C30H43N5O4/c1-8-24-17-16-23-15-14-22(18-25(23)32-24)12-11-13-27(37)33-28(19(4)5)29(38)31-21(7)30(39)35(10-3)34-20(6)26(36)9-2/h11-12,14-21,28,34H,8-10,13H2,1-7H3,(H,31,38)(H,33,37). The van der Waals surface area contributed by atoms with Gasteiger partial charge in [0.1, 0.15) is 12.1 Å². The Morgan fingerprint density at radius 3 is 2.26 bits per heavy atom. The Labute approximate surface area is 231 Å². The van der Waals surface area contributed by atoms with Gasteiger partial charge in [-0.1, -0.05) is 58.0 Å². The van der Waals surface area contributed by atoms with Crippen LogP contribution < -0.4 is 16.1 Å². The molecule has 39 heavy (non-hydrogen) atoms. The maximum absolute atomic E-state index is 13.0. The molecular formula is C30H43N5O4. The van der Waals surface area contributed by atoms with E-state index in [1.54, 1.807) is 33.8 Å². The third kappa shape index (κ3) is 9.28. The number of fused-ring (bicyclic) bond motifs is 1. The molecule has 0 aliphatic rings. The van der Waals surface area contributed by atoms with E-state index in [4.69, 9.17) is 0 Å². The van der Waals surface area contributed by atoms with Gasteiger partial charge in [-0.3, -0.25) is 29.2 Å². The highest BCUT2D eigenvalue weighted by Crippen LogP contribution is 2.16. The minimum atomic E-state index is -0.846. The number of ketones is 1. The number of hydrogen-bond donors (Lipinski definition) is 3. The van der Waals surface area contributed by atoms with Crippen molar-refractivity contribution >= 4 is 40.5 Å². The summed E-state index contributed by atoms with van der Waals surface area (Å²) in [5.74, 6) is -1.31. The first kappa shape index (κ1) is 31.6. The quantitative estimate of drug-likeness (QED) is 0.317. The van der Waals surface area contributed by atoms with Crippen LogP contribution in [0.25, 0.3) is 17.0 Å². The molecule has 1 heterocycles. The third-order valence-corrected chi connectivity index (χ3v) is 6.51. The predicted molar refractivity (Wildman–Crippen MR) is 154 cm³/mol. The van der Waals surface area contributed by atoms with Crippen molar-refractivity contribution in [3.05, 3.63) is 47.7 Å². The first-order chi connectivity index (χ1) is 18.5. The van der Waals surface area contributed by atoms with Crippen LogP contribution in [0.4, 0.5) is 0 Å². The molecule has 1 aromatic heterocycles. The van der Waals surface area contributed by atoms with Crippen LogP contribution in [-0.4, -0.2) is 58.2 Å². The predicted octanol–water partition coefficient (Wildman–Crippen LogP) is 3.57. The van der Waals surface area contributed by atoms with Crippen molar-refractivity contribution in [1.29, 1.82) is 0 Å². The topological polar surface area (TPSA) is 121 Å². The number of rotatable bonds is 14. The molecule has 3 amide bonds. The van der Waals surface area contributed by atoms with E-state index >= 15 is 0 Å². The normalized spacial score (nSPS) is 13.7. The number of aromatic nitrogens is 1. The first-order valence-corrected chi connectivity index (χ1v) is 13.8. The van der Waals surface area contributed by atoms with E-state index in [2.05, 4.69) is 34.0 Å². The molecule has 0 bridgehead atoms. The van der Waals surface area contributed by atoms with E-state index in [0.717, 1.165) is 28.6 Å². The number of carbonyl (C=O) groups is 4. The number of carbonyl (C=O) groups excluding carboxylic acids is 4. The molecule has 2 rings (SSSR count). The number of nitrogens with one attached hydrogen (secondary N) is 3. The number of hydrogen-bond acceptors (Lipinski definition) is 6. The number of aryl methyl sites for hydroxylation is 1. The van der Waals surface area contributed by atoms with Crippen LogP contribution in [0.1, 0.15) is 72.6 Å². The van der Waals surface area contributed by atoms with Gasteiger partial charge in [0, 0.05) is 30.5 Å². The Hall–Kier alpha value is -3.59. The number of hydrazine groups is 1. The van der Waals surface area contributed by atoms with E-state index in [1.807, 2.05) is 44.2 Å². The lowest BCUT2D eigenvalue weighted by atomic mass is 10.0. The van der Waals surface area contributed by atoms with Gasteiger partial charge < -0.3 is 10.6 Å². The van der Waals surface area contributed by atoms with Crippen molar-refractivity contribution in [3.8, 4) is 0 Å². The summed E-state index contributed by atoms with van der Waals surface area (Å²) >= 11 is 0. The first-order valence-electron chi connectivity index (χ1n) is 13.8. The Balaban J connectivity index is 1.97. The number of amides is 3. The van der Waals surface area contributed by atoms with E-state index in [9.17, 15) is 19.2 Å². The summed E-state index contributed by atoms with van der Waals surface area (Å²) in [4.78, 5) is 55.1. The smallest absolute Gasteiger partial charge is 0.258 e. The molecule has 0 saturated carbocycles. The average molecular weight is 538 g/mol. The summed E-state index contributed by atoms with van der Waals surface area (Å²) in [7, 11) is 0. The maximum atomic E-state index is 13.0. The van der Waals surface area contributed by atoms with E-state index < -0.39 is 24.0 Å². The zero-order chi connectivity index (χ0) is 29.1. The Morgan fingerprint density at radius 1 is 0.949 bits per heavy atom. The fraction of sp³-hybridized carbons (Fsp3) is 0.500. The van der Waals surface area contributed by atoms with Gasteiger partial charge in [0.05, 0.1) is 11.6 Å². The highest BCUT2D eigenvalue weighted by Gasteiger charge is 2.29. The van der Waals surface area contributed by atoms with E-state index in [0.29, 0.717) is 13.0 Å². The SMILES string of the molecule is CCC(=O)C(C)NN(CC)C(=O)C(C)NC(=O)C(NC(=O)CC=Cc1ccc2ccc(CC)nc2c1)C(C)C. The summed E-state index contributed by atoms with van der Waals surface area (Å²) in [6.07, 6.45) is 4.94. The van der Waals surface area contributed by atoms with Gasteiger partial charge in [0.15, 0.2) is 5.78 Å². The highest BCUT2D eigenvalue weighted by molar-refractivity contribution is 5.92. The van der Waals surface area contributed by atoms with Gasteiger partial charge in [0.25, 0.3) is 5.91 Å². The van der Waals surface area contributed by atoms with Crippen LogP contribution in [0, 0.1) is 5.92 Å². The van der Waals surface area contributed by atoms with E-state index in [-0.39, 0.29) is 29.9 Å². The number of pyridine rings is 1. The van der Waals surface area contributed by atoms with Crippen LogP contribution in [-0.2, 0) is 25.6 Å². The molecule has 212 valence electrons. The fourth-order valence-corrected chi connectivity index (χ4v) is 4.07. The van der Waals surface area contributed by atoms with Crippen molar-refractivity contribution in [2.45, 2.75) is 85.9 Å². The van der Waals surface area contributed by atoms with Crippen LogP contribution in [0.5, 0.6) is 0 Å². The molecule has 2 aromatic rings. The van der Waals surface area contributed by atoms with Crippen LogP contribution in [0.3, 0.4) is 0 Å². The molecule has 3 unspecified atom stereocenters. The monoisotopic (exact) mass is 537 g/mol. The Morgan fingerprint density at radius 2 is 1.64 bits per heavy atom. The summed E-state index contributed by atoms with van der Waals surface area (Å²) in [5.41, 5.74) is 5.78. The van der Waals surface area contributed by atoms with Gasteiger partial charge in [-0.15, -0.1) is 0 Å². The molecule has 0 aliphatic carbocycles. The van der Waals surface area contributed by atoms with Gasteiger partial charge in [-0.2, -0.15) is 0 Å². The van der Waals surface area contributed by atoms with Crippen molar-refractivity contribution in [2.24, 2.45) is 5.92 Å². The lowest BCUT2D eigenvalue weighted by Crippen LogP contribution is -2.58. The summed E-state index contributed by atoms with van der Waals surface area (Å²) < 4.78 is 0. The number of likely N-dealkylation sites (N-methyl/N-ethyl adjacent to an activating group) is 1. The minimum Gasteiger partial charge on any atom is -0.344 e. The Kier molecular flexibility index (Phi) is 12.3. The third-order valence-electron chi connectivity index (χ3n) is 6.51. The lowest BCUT2D eigenvalue weighted by Gasteiger charge is -2.29. The maximum Gasteiger partial charge on any atom is 0.258 e. The molecule has 1 aromatic carbocycles. The zero-order valence-corrected chi connectivity index (χ0v) is 24.2. The van der Waals surface area contributed by atoms with Crippen molar-refractivity contribution in [1.82, 2.24) is 26.1 Å². The summed E-state index contributed by atoms with van der Waals surface area (Å²) in [6, 6.07) is 7.87. The number of nitrogens with zero attached hydrogens (tertiary/aromatic N) is 2. The molecule has 9 heteroatoms.